The molecule has 0 aliphatic carbocycles. The lowest BCUT2D eigenvalue weighted by atomic mass is 9.87. The molecule has 36 heavy (non-hydrogen) atoms. The van der Waals surface area contributed by atoms with Gasteiger partial charge in [0.1, 0.15) is 5.75 Å². The van der Waals surface area contributed by atoms with Gasteiger partial charge in [0.25, 0.3) is 5.91 Å². The Morgan fingerprint density at radius 2 is 1.69 bits per heavy atom. The second-order valence-electron chi connectivity index (χ2n) is 9.16. The highest BCUT2D eigenvalue weighted by molar-refractivity contribution is 7.99. The predicted molar refractivity (Wildman–Crippen MR) is 145 cm³/mol. The van der Waals surface area contributed by atoms with Gasteiger partial charge in [0.15, 0.2) is 11.0 Å². The third kappa shape index (κ3) is 6.20. The lowest BCUT2D eigenvalue weighted by Crippen LogP contribution is -2.20. The van der Waals surface area contributed by atoms with E-state index in [0.717, 1.165) is 22.6 Å². The first-order chi connectivity index (χ1) is 17.3. The molecule has 0 saturated carbocycles. The molecule has 0 fully saturated rings. The summed E-state index contributed by atoms with van der Waals surface area (Å²) >= 11 is 1.30. The Labute approximate surface area is 215 Å². The summed E-state index contributed by atoms with van der Waals surface area (Å²) < 4.78 is 7.21. The number of ether oxygens (including phenoxy) is 1. The first-order valence-corrected chi connectivity index (χ1v) is 12.5. The van der Waals surface area contributed by atoms with Gasteiger partial charge in [0.2, 0.25) is 0 Å². The number of nitrogens with one attached hydrogen (secondary N) is 1. The minimum Gasteiger partial charge on any atom is -0.497 e. The van der Waals surface area contributed by atoms with E-state index in [4.69, 9.17) is 4.74 Å². The summed E-state index contributed by atoms with van der Waals surface area (Å²) in [6, 6.07) is 25.6. The van der Waals surface area contributed by atoms with Crippen LogP contribution in [0.25, 0.3) is 17.1 Å². The van der Waals surface area contributed by atoms with Crippen molar-refractivity contribution in [3.63, 3.8) is 0 Å². The Kier molecular flexibility index (Phi) is 7.85. The summed E-state index contributed by atoms with van der Waals surface area (Å²) in [5, 5.41) is 13.5. The molecule has 0 atom stereocenters. The van der Waals surface area contributed by atoms with Crippen LogP contribution in [-0.2, 0) is 10.2 Å². The molecule has 1 aromatic heterocycles. The molecule has 1 heterocycles. The Balaban J connectivity index is 1.45. The number of para-hydroxylation sites is 1. The number of amides is 1. The zero-order valence-electron chi connectivity index (χ0n) is 20.8. The van der Waals surface area contributed by atoms with Gasteiger partial charge in [0.05, 0.1) is 19.1 Å². The quantitative estimate of drug-likeness (QED) is 0.197. The molecule has 0 spiro atoms. The lowest BCUT2D eigenvalue weighted by Gasteiger charge is -2.18. The maximum absolute atomic E-state index is 12.5. The third-order valence-electron chi connectivity index (χ3n) is 5.51. The summed E-state index contributed by atoms with van der Waals surface area (Å²) in [5.74, 6) is 1.37. The minimum atomic E-state index is -0.226. The van der Waals surface area contributed by atoms with Crippen molar-refractivity contribution in [3.8, 4) is 22.8 Å². The van der Waals surface area contributed by atoms with Gasteiger partial charge in [-0.25, -0.2) is 5.43 Å². The van der Waals surface area contributed by atoms with Gasteiger partial charge >= 0.3 is 0 Å². The van der Waals surface area contributed by atoms with Crippen LogP contribution in [0.5, 0.6) is 5.75 Å². The normalized spacial score (nSPS) is 11.6. The van der Waals surface area contributed by atoms with Crippen LogP contribution in [-0.4, -0.2) is 39.7 Å². The highest BCUT2D eigenvalue weighted by Gasteiger charge is 2.17. The molecule has 0 radical (unpaired) electrons. The fraction of sp³-hybridized carbons (Fsp3) is 0.214. The van der Waals surface area contributed by atoms with Gasteiger partial charge in [-0.1, -0.05) is 75.0 Å². The number of nitrogens with zero attached hydrogens (tertiary/aromatic N) is 4. The molecule has 0 aliphatic rings. The smallest absolute Gasteiger partial charge is 0.250 e. The average molecular weight is 500 g/mol. The highest BCUT2D eigenvalue weighted by atomic mass is 32.2. The maximum atomic E-state index is 12.5. The van der Waals surface area contributed by atoms with E-state index < -0.39 is 0 Å². The molecule has 0 aliphatic heterocycles. The summed E-state index contributed by atoms with van der Waals surface area (Å²) in [6.45, 7) is 6.52. The van der Waals surface area contributed by atoms with E-state index in [9.17, 15) is 4.79 Å². The van der Waals surface area contributed by atoms with E-state index in [1.54, 1.807) is 13.3 Å². The van der Waals surface area contributed by atoms with Crippen molar-refractivity contribution in [2.75, 3.05) is 12.9 Å². The molecule has 1 N–H and O–H groups in total. The molecule has 0 saturated heterocycles. The highest BCUT2D eigenvalue weighted by Crippen LogP contribution is 2.29. The van der Waals surface area contributed by atoms with Gasteiger partial charge in [0, 0.05) is 11.3 Å². The zero-order chi connectivity index (χ0) is 25.5. The standard InChI is InChI=1S/C28H29N5O2S/c1-28(2,3)22-14-10-20(11-15-22)18-29-30-25(34)19-36-27-32-31-26(21-12-16-24(35-4)17-13-21)33(27)23-8-6-5-7-9-23/h5-18H,19H2,1-4H3,(H,30,34)/b29-18+. The Morgan fingerprint density at radius 1 is 1.00 bits per heavy atom. The third-order valence-corrected chi connectivity index (χ3v) is 6.44. The van der Waals surface area contributed by atoms with Crippen LogP contribution >= 0.6 is 11.8 Å². The van der Waals surface area contributed by atoms with Crippen molar-refractivity contribution in [2.24, 2.45) is 5.10 Å². The fourth-order valence-electron chi connectivity index (χ4n) is 3.51. The number of rotatable bonds is 8. The molecular weight excluding hydrogens is 470 g/mol. The first kappa shape index (κ1) is 25.2. The molecule has 4 rings (SSSR count). The van der Waals surface area contributed by atoms with Crippen LogP contribution in [0.3, 0.4) is 0 Å². The van der Waals surface area contributed by atoms with Gasteiger partial charge in [-0.05, 0) is 52.9 Å². The molecule has 184 valence electrons. The van der Waals surface area contributed by atoms with Crippen molar-refractivity contribution in [2.45, 2.75) is 31.3 Å². The number of aromatic nitrogens is 3. The van der Waals surface area contributed by atoms with E-state index in [0.29, 0.717) is 11.0 Å². The maximum Gasteiger partial charge on any atom is 0.250 e. The summed E-state index contributed by atoms with van der Waals surface area (Å²) in [5.41, 5.74) is 6.66. The molecular formula is C28H29N5O2S. The average Bonchev–Trinajstić information content (AvgIpc) is 3.32. The summed E-state index contributed by atoms with van der Waals surface area (Å²) in [7, 11) is 1.63. The van der Waals surface area contributed by atoms with E-state index in [-0.39, 0.29) is 17.1 Å². The molecule has 3 aromatic carbocycles. The number of methoxy groups -OCH3 is 1. The van der Waals surface area contributed by atoms with Crippen LogP contribution in [0.15, 0.2) is 89.1 Å². The number of hydrazone groups is 1. The van der Waals surface area contributed by atoms with E-state index in [2.05, 4.69) is 53.6 Å². The molecule has 4 aromatic rings. The van der Waals surface area contributed by atoms with Gasteiger partial charge in [-0.2, -0.15) is 5.10 Å². The predicted octanol–water partition coefficient (Wildman–Crippen LogP) is 5.48. The topological polar surface area (TPSA) is 81.4 Å². The van der Waals surface area contributed by atoms with Crippen molar-refractivity contribution in [1.29, 1.82) is 0 Å². The van der Waals surface area contributed by atoms with E-state index in [1.165, 1.54) is 17.3 Å². The number of thioether (sulfide) groups is 1. The van der Waals surface area contributed by atoms with Crippen LogP contribution < -0.4 is 10.2 Å². The number of hydrogen-bond donors (Lipinski definition) is 1. The Bertz CT molecular complexity index is 1330. The molecule has 0 unspecified atom stereocenters. The van der Waals surface area contributed by atoms with E-state index >= 15 is 0 Å². The van der Waals surface area contributed by atoms with Crippen molar-refractivity contribution >= 4 is 23.9 Å². The fourth-order valence-corrected chi connectivity index (χ4v) is 4.25. The minimum absolute atomic E-state index is 0.0919. The number of carbonyl (C=O) groups is 1. The Morgan fingerprint density at radius 3 is 2.33 bits per heavy atom. The van der Waals surface area contributed by atoms with Gasteiger partial charge in [-0.15, -0.1) is 10.2 Å². The van der Waals surface area contributed by atoms with Gasteiger partial charge in [-0.3, -0.25) is 9.36 Å². The summed E-state index contributed by atoms with van der Waals surface area (Å²) in [6.07, 6.45) is 1.64. The van der Waals surface area contributed by atoms with Gasteiger partial charge < -0.3 is 4.74 Å². The largest absolute Gasteiger partial charge is 0.497 e. The monoisotopic (exact) mass is 499 g/mol. The van der Waals surface area contributed by atoms with Crippen LogP contribution in [0.1, 0.15) is 31.9 Å². The SMILES string of the molecule is COc1ccc(-c2nnc(SCC(=O)N/N=C/c3ccc(C(C)(C)C)cc3)n2-c2ccccc2)cc1. The number of hydrogen-bond acceptors (Lipinski definition) is 6. The molecule has 8 heteroatoms. The summed E-state index contributed by atoms with van der Waals surface area (Å²) in [4.78, 5) is 12.5. The zero-order valence-corrected chi connectivity index (χ0v) is 21.6. The van der Waals surface area contributed by atoms with Crippen molar-refractivity contribution in [1.82, 2.24) is 20.2 Å². The van der Waals surface area contributed by atoms with Crippen molar-refractivity contribution < 1.29 is 9.53 Å². The van der Waals surface area contributed by atoms with Crippen molar-refractivity contribution in [3.05, 3.63) is 90.0 Å². The number of benzene rings is 3. The molecule has 7 nitrogen and oxygen atoms in total. The molecule has 1 amide bonds. The second kappa shape index (κ2) is 11.2. The van der Waals surface area contributed by atoms with E-state index in [1.807, 2.05) is 71.3 Å². The first-order valence-electron chi connectivity index (χ1n) is 11.6. The lowest BCUT2D eigenvalue weighted by molar-refractivity contribution is -0.118. The van der Waals surface area contributed by atoms with Crippen LogP contribution in [0, 0.1) is 0 Å². The second-order valence-corrected chi connectivity index (χ2v) is 10.1. The molecule has 0 bridgehead atoms. The van der Waals surface area contributed by atoms with Crippen LogP contribution in [0.2, 0.25) is 0 Å². The number of carbonyl (C=O) groups excluding carboxylic acids is 1. The Hall–Kier alpha value is -3.91. The van der Waals surface area contributed by atoms with Crippen LogP contribution in [0.4, 0.5) is 0 Å².